The lowest BCUT2D eigenvalue weighted by atomic mass is 9.89. The fraction of sp³-hybridized carbons (Fsp3) is 0.308. The van der Waals surface area contributed by atoms with Crippen molar-refractivity contribution in [2.75, 3.05) is 0 Å². The molecular weight excluding hydrogens is 271 g/mol. The molecule has 2 rings (SSSR count). The molecule has 1 aliphatic carbocycles. The van der Waals surface area contributed by atoms with E-state index in [4.69, 9.17) is 23.2 Å². The fourth-order valence-corrected chi connectivity index (χ4v) is 4.99. The van der Waals surface area contributed by atoms with Gasteiger partial charge in [-0.1, -0.05) is 73.2 Å². The van der Waals surface area contributed by atoms with Crippen molar-refractivity contribution in [1.29, 1.82) is 0 Å². The van der Waals surface area contributed by atoms with Gasteiger partial charge in [0.1, 0.15) is 0 Å². The number of allylic oxidation sites excluding steroid dienone is 2. The van der Waals surface area contributed by atoms with Gasteiger partial charge in [-0.2, -0.15) is 0 Å². The highest BCUT2D eigenvalue weighted by atomic mass is 35.5. The second kappa shape index (κ2) is 3.97. The minimum Gasteiger partial charge on any atom is -0.291 e. The average Bonchev–Trinajstić information content (AvgIpc) is 2.24. The van der Waals surface area contributed by atoms with E-state index in [0.717, 1.165) is 16.3 Å². The number of halogens is 2. The first-order valence-electron chi connectivity index (χ1n) is 5.49. The Balaban J connectivity index is 2.63. The largest absolute Gasteiger partial charge is 0.291 e. The minimum absolute atomic E-state index is 0.112. The summed E-state index contributed by atoms with van der Waals surface area (Å²) in [5.41, 5.74) is 1.76. The summed E-state index contributed by atoms with van der Waals surface area (Å²) in [7, 11) is -1.71. The lowest BCUT2D eigenvalue weighted by molar-refractivity contribution is -0.115. The van der Waals surface area contributed by atoms with E-state index in [1.807, 2.05) is 30.3 Å². The molecule has 0 spiro atoms. The number of Topliss-reactive ketones (excluding diaryl/α,β-unsaturated/α-hetero) is 1. The highest BCUT2D eigenvalue weighted by Gasteiger charge is 2.54. The molecule has 0 aromatic heterocycles. The SMILES string of the molecule is C[Si](C)(C)C1=C(c2ccccc2)C(Cl)(Cl)C1=O. The molecule has 1 aromatic carbocycles. The third-order valence-electron chi connectivity index (χ3n) is 2.89. The number of benzene rings is 1. The molecule has 0 saturated heterocycles. The zero-order valence-electron chi connectivity index (χ0n) is 10.1. The van der Waals surface area contributed by atoms with E-state index < -0.39 is 12.4 Å². The summed E-state index contributed by atoms with van der Waals surface area (Å²) in [6.07, 6.45) is 0. The molecule has 0 heterocycles. The summed E-state index contributed by atoms with van der Waals surface area (Å²) in [5, 5.41) is 0.869. The molecule has 0 N–H and O–H groups in total. The van der Waals surface area contributed by atoms with Gasteiger partial charge in [-0.3, -0.25) is 4.79 Å². The molecule has 0 bridgehead atoms. The lowest BCUT2D eigenvalue weighted by Gasteiger charge is -2.40. The first-order chi connectivity index (χ1) is 7.76. The highest BCUT2D eigenvalue weighted by molar-refractivity contribution is 6.94. The Morgan fingerprint density at radius 2 is 1.59 bits per heavy atom. The number of alkyl halides is 2. The molecular formula is C13H14Cl2OSi. The van der Waals surface area contributed by atoms with Crippen LogP contribution in [0.3, 0.4) is 0 Å². The Morgan fingerprint density at radius 3 is 2.06 bits per heavy atom. The van der Waals surface area contributed by atoms with Crippen LogP contribution >= 0.6 is 23.2 Å². The maximum atomic E-state index is 12.0. The molecule has 0 radical (unpaired) electrons. The molecule has 4 heteroatoms. The predicted octanol–water partition coefficient (Wildman–Crippen LogP) is 4.07. The molecule has 0 fully saturated rings. The van der Waals surface area contributed by atoms with Gasteiger partial charge in [0.25, 0.3) is 0 Å². The van der Waals surface area contributed by atoms with Crippen LogP contribution in [0.2, 0.25) is 19.6 Å². The Kier molecular flexibility index (Phi) is 3.01. The van der Waals surface area contributed by atoms with Crippen LogP contribution in [0, 0.1) is 0 Å². The van der Waals surface area contributed by atoms with Crippen LogP contribution in [0.4, 0.5) is 0 Å². The zero-order chi connectivity index (χ0) is 12.8. The molecule has 0 aliphatic heterocycles. The molecule has 17 heavy (non-hydrogen) atoms. The maximum Gasteiger partial charge on any atom is 0.205 e. The summed E-state index contributed by atoms with van der Waals surface area (Å²) >= 11 is 12.3. The number of carbonyl (C=O) groups is 1. The van der Waals surface area contributed by atoms with Gasteiger partial charge in [0.05, 0.1) is 8.07 Å². The van der Waals surface area contributed by atoms with Gasteiger partial charge in [0.2, 0.25) is 4.33 Å². The minimum atomic E-state index is -1.71. The van der Waals surface area contributed by atoms with E-state index in [2.05, 4.69) is 19.6 Å². The van der Waals surface area contributed by atoms with Gasteiger partial charge < -0.3 is 0 Å². The first-order valence-corrected chi connectivity index (χ1v) is 9.75. The van der Waals surface area contributed by atoms with Crippen molar-refractivity contribution in [3.63, 3.8) is 0 Å². The van der Waals surface area contributed by atoms with Crippen LogP contribution < -0.4 is 0 Å². The number of hydrogen-bond donors (Lipinski definition) is 0. The molecule has 1 aromatic rings. The van der Waals surface area contributed by atoms with Crippen LogP contribution in [0.1, 0.15) is 5.56 Å². The summed E-state index contributed by atoms with van der Waals surface area (Å²) in [4.78, 5) is 12.0. The quantitative estimate of drug-likeness (QED) is 0.591. The average molecular weight is 285 g/mol. The Hall–Kier alpha value is -0.573. The molecule has 1 aliphatic rings. The first kappa shape index (κ1) is 12.9. The summed E-state index contributed by atoms with van der Waals surface area (Å²) in [6.45, 7) is 6.39. The molecule has 90 valence electrons. The molecule has 0 saturated carbocycles. The van der Waals surface area contributed by atoms with Crippen LogP contribution in [-0.2, 0) is 4.79 Å². The fourth-order valence-electron chi connectivity index (χ4n) is 2.12. The number of rotatable bonds is 2. The predicted molar refractivity (Wildman–Crippen MR) is 76.2 cm³/mol. The highest BCUT2D eigenvalue weighted by Crippen LogP contribution is 2.52. The topological polar surface area (TPSA) is 17.1 Å². The zero-order valence-corrected chi connectivity index (χ0v) is 12.6. The summed E-state index contributed by atoms with van der Waals surface area (Å²) in [6, 6.07) is 9.68. The van der Waals surface area contributed by atoms with E-state index in [1.54, 1.807) is 0 Å². The molecule has 1 nitrogen and oxygen atoms in total. The van der Waals surface area contributed by atoms with Crippen LogP contribution in [0.5, 0.6) is 0 Å². The van der Waals surface area contributed by atoms with Crippen molar-refractivity contribution in [2.45, 2.75) is 24.0 Å². The third-order valence-corrected chi connectivity index (χ3v) is 5.59. The van der Waals surface area contributed by atoms with Crippen molar-refractivity contribution in [3.05, 3.63) is 41.1 Å². The van der Waals surface area contributed by atoms with E-state index in [9.17, 15) is 4.79 Å². The van der Waals surface area contributed by atoms with Crippen molar-refractivity contribution >= 4 is 42.6 Å². The van der Waals surface area contributed by atoms with E-state index in [0.29, 0.717) is 0 Å². The Morgan fingerprint density at radius 1 is 1.06 bits per heavy atom. The van der Waals surface area contributed by atoms with Crippen molar-refractivity contribution in [2.24, 2.45) is 0 Å². The van der Waals surface area contributed by atoms with E-state index in [-0.39, 0.29) is 5.78 Å². The number of ketones is 1. The van der Waals surface area contributed by atoms with Crippen LogP contribution in [-0.4, -0.2) is 18.2 Å². The Bertz CT molecular complexity index is 498. The second-order valence-corrected chi connectivity index (χ2v) is 11.6. The third kappa shape index (κ3) is 1.99. The van der Waals surface area contributed by atoms with Crippen molar-refractivity contribution in [3.8, 4) is 0 Å². The smallest absolute Gasteiger partial charge is 0.205 e. The Labute approximate surface area is 112 Å². The van der Waals surface area contributed by atoms with Crippen molar-refractivity contribution in [1.82, 2.24) is 0 Å². The van der Waals surface area contributed by atoms with Gasteiger partial charge in [-0.25, -0.2) is 0 Å². The second-order valence-electron chi connectivity index (χ2n) is 5.27. The molecule has 0 atom stereocenters. The molecule has 0 amide bonds. The lowest BCUT2D eigenvalue weighted by Crippen LogP contribution is -2.49. The van der Waals surface area contributed by atoms with Gasteiger partial charge in [-0.15, -0.1) is 0 Å². The van der Waals surface area contributed by atoms with Gasteiger partial charge in [0.15, 0.2) is 5.78 Å². The van der Waals surface area contributed by atoms with Crippen LogP contribution in [0.15, 0.2) is 35.5 Å². The van der Waals surface area contributed by atoms with Gasteiger partial charge in [0, 0.05) is 5.57 Å². The summed E-state index contributed by atoms with van der Waals surface area (Å²) in [5.74, 6) is -0.112. The van der Waals surface area contributed by atoms with Crippen LogP contribution in [0.25, 0.3) is 5.57 Å². The maximum absolute atomic E-state index is 12.0. The number of hydrogen-bond acceptors (Lipinski definition) is 1. The summed E-state index contributed by atoms with van der Waals surface area (Å²) < 4.78 is -1.35. The number of carbonyl (C=O) groups excluding carboxylic acids is 1. The van der Waals surface area contributed by atoms with Gasteiger partial charge in [-0.05, 0) is 10.8 Å². The monoisotopic (exact) mass is 284 g/mol. The molecule has 0 unspecified atom stereocenters. The van der Waals surface area contributed by atoms with Crippen molar-refractivity contribution < 1.29 is 4.79 Å². The van der Waals surface area contributed by atoms with Gasteiger partial charge >= 0.3 is 0 Å². The standard InChI is InChI=1S/C13H14Cl2OSi/c1-17(2,3)11-10(13(14,15)12(11)16)9-7-5-4-6-8-9/h4-8H,1-3H3. The van der Waals surface area contributed by atoms with E-state index in [1.165, 1.54) is 0 Å². The van der Waals surface area contributed by atoms with E-state index >= 15 is 0 Å². The normalized spacial score (nSPS) is 19.2.